The van der Waals surface area contributed by atoms with E-state index in [2.05, 4.69) is 21.3 Å². The number of rotatable bonds is 7. The van der Waals surface area contributed by atoms with Gasteiger partial charge < -0.3 is 0 Å². The topological polar surface area (TPSA) is 77.7 Å². The summed E-state index contributed by atoms with van der Waals surface area (Å²) >= 11 is 1.76. The normalized spacial score (nSPS) is 19.6. The van der Waals surface area contributed by atoms with Crippen LogP contribution in [0.5, 0.6) is 0 Å². The van der Waals surface area contributed by atoms with Crippen LogP contribution in [-0.2, 0) is 29.1 Å². The smallest absolute Gasteiger partial charge is 0.152 e. The molecule has 1 unspecified atom stereocenters. The second kappa shape index (κ2) is 7.65. The van der Waals surface area contributed by atoms with Crippen molar-refractivity contribution >= 4 is 21.6 Å². The Morgan fingerprint density at radius 2 is 2.21 bits per heavy atom. The second-order valence-electron chi connectivity index (χ2n) is 6.05. The largest absolute Gasteiger partial charge is 0.264 e. The summed E-state index contributed by atoms with van der Waals surface area (Å²) in [6, 6.07) is 3.89. The SMILES string of the molecule is CSCCc1nc(CCc2cccnc2)n(C2CCS(=O)(=O)C2)n1. The van der Waals surface area contributed by atoms with Crippen molar-refractivity contribution in [2.75, 3.05) is 23.5 Å². The lowest BCUT2D eigenvalue weighted by Crippen LogP contribution is -2.16. The molecule has 2 aromatic rings. The molecule has 1 saturated heterocycles. The van der Waals surface area contributed by atoms with Crippen molar-refractivity contribution in [3.05, 3.63) is 41.7 Å². The molecule has 0 aromatic carbocycles. The quantitative estimate of drug-likeness (QED) is 0.742. The van der Waals surface area contributed by atoms with Crippen LogP contribution in [0.3, 0.4) is 0 Å². The first-order valence-corrected chi connectivity index (χ1v) is 11.3. The summed E-state index contributed by atoms with van der Waals surface area (Å²) in [5, 5.41) is 4.62. The first kappa shape index (κ1) is 17.4. The Balaban J connectivity index is 1.78. The van der Waals surface area contributed by atoms with Crippen LogP contribution in [0.2, 0.25) is 0 Å². The molecular weight excluding hydrogens is 344 g/mol. The molecule has 1 aliphatic heterocycles. The zero-order valence-corrected chi connectivity index (χ0v) is 15.4. The number of nitrogens with zero attached hydrogens (tertiary/aromatic N) is 4. The minimum absolute atomic E-state index is 0.0746. The predicted molar refractivity (Wildman–Crippen MR) is 96.1 cm³/mol. The highest BCUT2D eigenvalue weighted by molar-refractivity contribution is 7.98. The third kappa shape index (κ3) is 4.36. The summed E-state index contributed by atoms with van der Waals surface area (Å²) in [7, 11) is -2.94. The fourth-order valence-electron chi connectivity index (χ4n) is 2.94. The fraction of sp³-hybridized carbons (Fsp3) is 0.562. The number of sulfone groups is 1. The van der Waals surface area contributed by atoms with Crippen molar-refractivity contribution in [3.8, 4) is 0 Å². The van der Waals surface area contributed by atoms with Crippen molar-refractivity contribution in [2.24, 2.45) is 0 Å². The van der Waals surface area contributed by atoms with Gasteiger partial charge in [-0.05, 0) is 30.7 Å². The van der Waals surface area contributed by atoms with E-state index in [-0.39, 0.29) is 17.5 Å². The summed E-state index contributed by atoms with van der Waals surface area (Å²) in [5.41, 5.74) is 1.15. The summed E-state index contributed by atoms with van der Waals surface area (Å²) in [6.07, 6.45) is 8.69. The Morgan fingerprint density at radius 3 is 2.88 bits per heavy atom. The van der Waals surface area contributed by atoms with Gasteiger partial charge in [0.05, 0.1) is 17.5 Å². The molecule has 2 aromatic heterocycles. The lowest BCUT2D eigenvalue weighted by atomic mass is 10.1. The van der Waals surface area contributed by atoms with Crippen molar-refractivity contribution in [2.45, 2.75) is 31.7 Å². The molecule has 24 heavy (non-hydrogen) atoms. The van der Waals surface area contributed by atoms with Crippen LogP contribution in [0.25, 0.3) is 0 Å². The molecule has 0 radical (unpaired) electrons. The summed E-state index contributed by atoms with van der Waals surface area (Å²) in [5.74, 6) is 3.10. The summed E-state index contributed by atoms with van der Waals surface area (Å²) < 4.78 is 25.5. The maximum Gasteiger partial charge on any atom is 0.152 e. The van der Waals surface area contributed by atoms with Gasteiger partial charge in [0.2, 0.25) is 0 Å². The number of aromatic nitrogens is 4. The van der Waals surface area contributed by atoms with Gasteiger partial charge >= 0.3 is 0 Å². The van der Waals surface area contributed by atoms with Crippen LogP contribution in [0.1, 0.15) is 29.7 Å². The minimum Gasteiger partial charge on any atom is -0.264 e. The van der Waals surface area contributed by atoms with Gasteiger partial charge in [-0.2, -0.15) is 16.9 Å². The Kier molecular flexibility index (Phi) is 5.55. The summed E-state index contributed by atoms with van der Waals surface area (Å²) in [4.78, 5) is 8.82. The number of hydrogen-bond acceptors (Lipinski definition) is 6. The van der Waals surface area contributed by atoms with Crippen molar-refractivity contribution in [1.29, 1.82) is 0 Å². The van der Waals surface area contributed by atoms with E-state index in [4.69, 9.17) is 0 Å². The van der Waals surface area contributed by atoms with Gasteiger partial charge in [0.15, 0.2) is 15.7 Å². The van der Waals surface area contributed by atoms with E-state index >= 15 is 0 Å². The molecule has 8 heteroatoms. The first-order chi connectivity index (χ1) is 11.6. The van der Waals surface area contributed by atoms with Gasteiger partial charge in [0.25, 0.3) is 0 Å². The zero-order chi connectivity index (χ0) is 17.0. The lowest BCUT2D eigenvalue weighted by Gasteiger charge is -2.11. The highest BCUT2D eigenvalue weighted by atomic mass is 32.2. The van der Waals surface area contributed by atoms with E-state index in [1.165, 1.54) is 0 Å². The molecule has 3 rings (SSSR count). The first-order valence-electron chi connectivity index (χ1n) is 8.10. The van der Waals surface area contributed by atoms with E-state index in [9.17, 15) is 8.42 Å². The van der Waals surface area contributed by atoms with E-state index in [1.54, 1.807) is 18.0 Å². The van der Waals surface area contributed by atoms with Crippen LogP contribution in [-0.4, -0.2) is 51.7 Å². The Hall–Kier alpha value is -1.41. The number of thioether (sulfide) groups is 1. The van der Waals surface area contributed by atoms with E-state index in [0.29, 0.717) is 6.42 Å². The van der Waals surface area contributed by atoms with Crippen LogP contribution in [0.4, 0.5) is 0 Å². The molecule has 0 N–H and O–H groups in total. The van der Waals surface area contributed by atoms with Gasteiger partial charge in [-0.1, -0.05) is 6.07 Å². The van der Waals surface area contributed by atoms with Crippen LogP contribution >= 0.6 is 11.8 Å². The molecule has 1 aliphatic rings. The summed E-state index contributed by atoms with van der Waals surface area (Å²) in [6.45, 7) is 0. The van der Waals surface area contributed by atoms with Crippen LogP contribution in [0.15, 0.2) is 24.5 Å². The van der Waals surface area contributed by atoms with Gasteiger partial charge in [-0.15, -0.1) is 0 Å². The minimum atomic E-state index is -2.94. The van der Waals surface area contributed by atoms with Gasteiger partial charge in [-0.3, -0.25) is 4.98 Å². The van der Waals surface area contributed by atoms with Gasteiger partial charge in [0, 0.05) is 31.0 Å². The predicted octanol–water partition coefficient (Wildman–Crippen LogP) is 1.72. The molecule has 3 heterocycles. The molecule has 130 valence electrons. The van der Waals surface area contributed by atoms with E-state index in [1.807, 2.05) is 23.0 Å². The Bertz CT molecular complexity index is 775. The van der Waals surface area contributed by atoms with E-state index < -0.39 is 9.84 Å². The zero-order valence-electron chi connectivity index (χ0n) is 13.8. The highest BCUT2D eigenvalue weighted by Crippen LogP contribution is 2.24. The molecule has 0 saturated carbocycles. The van der Waals surface area contributed by atoms with Crippen LogP contribution in [0, 0.1) is 0 Å². The van der Waals surface area contributed by atoms with Crippen LogP contribution < -0.4 is 0 Å². The van der Waals surface area contributed by atoms with Crippen molar-refractivity contribution in [3.63, 3.8) is 0 Å². The highest BCUT2D eigenvalue weighted by Gasteiger charge is 2.31. The molecule has 0 bridgehead atoms. The fourth-order valence-corrected chi connectivity index (χ4v) is 5.02. The third-order valence-corrected chi connectivity index (χ3v) is 6.55. The molecule has 1 atom stereocenters. The molecule has 0 spiro atoms. The Labute approximate surface area is 147 Å². The molecular formula is C16H22N4O2S2. The average molecular weight is 367 g/mol. The maximum atomic E-state index is 11.8. The molecule has 6 nitrogen and oxygen atoms in total. The number of hydrogen-bond donors (Lipinski definition) is 0. The van der Waals surface area contributed by atoms with Crippen molar-refractivity contribution < 1.29 is 8.42 Å². The molecule has 0 aliphatic carbocycles. The lowest BCUT2D eigenvalue weighted by molar-refractivity contribution is 0.473. The number of aryl methyl sites for hydroxylation is 3. The Morgan fingerprint density at radius 1 is 1.33 bits per heavy atom. The van der Waals surface area contributed by atoms with Gasteiger partial charge in [0.1, 0.15) is 5.82 Å². The average Bonchev–Trinajstić information content (AvgIpc) is 3.14. The maximum absolute atomic E-state index is 11.8. The number of pyridine rings is 1. The third-order valence-electron chi connectivity index (χ3n) is 4.19. The standard InChI is InChI=1S/C16H22N4O2S2/c1-23-9-6-15-18-16(5-4-13-3-2-8-17-11-13)20(19-15)14-7-10-24(21,22)12-14/h2-3,8,11,14H,4-7,9-10,12H2,1H3. The van der Waals surface area contributed by atoms with E-state index in [0.717, 1.165) is 42.2 Å². The van der Waals surface area contributed by atoms with Gasteiger partial charge in [-0.25, -0.2) is 18.1 Å². The molecule has 1 fully saturated rings. The second-order valence-corrected chi connectivity index (χ2v) is 9.26. The molecule has 0 amide bonds. The van der Waals surface area contributed by atoms with Crippen molar-refractivity contribution in [1.82, 2.24) is 19.7 Å². The monoisotopic (exact) mass is 366 g/mol.